The van der Waals surface area contributed by atoms with E-state index in [1.54, 1.807) is 20.0 Å². The molecule has 0 aliphatic carbocycles. The molecule has 0 radical (unpaired) electrons. The Labute approximate surface area is 109 Å². The molecule has 0 saturated carbocycles. The van der Waals surface area contributed by atoms with Crippen LogP contribution in [0.4, 0.5) is 11.4 Å². The van der Waals surface area contributed by atoms with Crippen molar-refractivity contribution < 1.29 is 8.42 Å². The van der Waals surface area contributed by atoms with Crippen molar-refractivity contribution in [2.75, 3.05) is 37.3 Å². The third-order valence-electron chi connectivity index (χ3n) is 2.66. The highest BCUT2D eigenvalue weighted by molar-refractivity contribution is 7.93. The molecule has 1 aromatic rings. The van der Waals surface area contributed by atoms with Crippen molar-refractivity contribution in [1.82, 2.24) is 5.32 Å². The Hall–Kier alpha value is -1.27. The summed E-state index contributed by atoms with van der Waals surface area (Å²) in [6.07, 6.45) is 0. The molecule has 5 nitrogen and oxygen atoms in total. The van der Waals surface area contributed by atoms with Gasteiger partial charge in [0.25, 0.3) is 0 Å². The first-order chi connectivity index (χ1) is 8.38. The predicted octanol–water partition coefficient (Wildman–Crippen LogP) is 1.10. The van der Waals surface area contributed by atoms with Gasteiger partial charge < -0.3 is 10.2 Å². The SMILES string of the molecule is CNCC(C)S(=O)(=O)Nc1ccccc1N(C)C. The summed E-state index contributed by atoms with van der Waals surface area (Å²) in [6, 6.07) is 7.33. The second-order valence-electron chi connectivity index (χ2n) is 4.43. The molecule has 0 spiro atoms. The Morgan fingerprint density at radius 3 is 2.44 bits per heavy atom. The van der Waals surface area contributed by atoms with Gasteiger partial charge in [-0.1, -0.05) is 12.1 Å². The first-order valence-corrected chi connectivity index (χ1v) is 7.35. The number of nitrogens with zero attached hydrogens (tertiary/aromatic N) is 1. The highest BCUT2D eigenvalue weighted by Gasteiger charge is 2.21. The summed E-state index contributed by atoms with van der Waals surface area (Å²) in [5.41, 5.74) is 1.45. The largest absolute Gasteiger partial charge is 0.376 e. The van der Waals surface area contributed by atoms with Crippen LogP contribution < -0.4 is 14.9 Å². The van der Waals surface area contributed by atoms with E-state index >= 15 is 0 Å². The maximum Gasteiger partial charge on any atom is 0.236 e. The van der Waals surface area contributed by atoms with Crippen LogP contribution in [0.2, 0.25) is 0 Å². The molecule has 0 aromatic heterocycles. The van der Waals surface area contributed by atoms with Gasteiger partial charge in [0.05, 0.1) is 16.6 Å². The zero-order chi connectivity index (χ0) is 13.8. The lowest BCUT2D eigenvalue weighted by molar-refractivity contribution is 0.584. The second-order valence-corrected chi connectivity index (χ2v) is 6.53. The molecule has 0 fully saturated rings. The third-order valence-corrected chi connectivity index (χ3v) is 4.39. The maximum absolute atomic E-state index is 12.1. The van der Waals surface area contributed by atoms with Gasteiger partial charge >= 0.3 is 0 Å². The number of benzene rings is 1. The molecule has 0 aliphatic rings. The summed E-state index contributed by atoms with van der Waals surface area (Å²) in [7, 11) is 2.12. The number of nitrogens with one attached hydrogen (secondary N) is 2. The monoisotopic (exact) mass is 271 g/mol. The fraction of sp³-hybridized carbons (Fsp3) is 0.500. The number of rotatable bonds is 6. The Balaban J connectivity index is 2.97. The number of hydrogen-bond donors (Lipinski definition) is 2. The van der Waals surface area contributed by atoms with E-state index in [2.05, 4.69) is 10.0 Å². The molecule has 0 bridgehead atoms. The average Bonchev–Trinajstić information content (AvgIpc) is 2.29. The van der Waals surface area contributed by atoms with Crippen molar-refractivity contribution in [2.45, 2.75) is 12.2 Å². The summed E-state index contributed by atoms with van der Waals surface area (Å²) in [5.74, 6) is 0. The van der Waals surface area contributed by atoms with Crippen LogP contribution in [0.15, 0.2) is 24.3 Å². The number of anilines is 2. The van der Waals surface area contributed by atoms with E-state index in [-0.39, 0.29) is 0 Å². The number of hydrogen-bond acceptors (Lipinski definition) is 4. The lowest BCUT2D eigenvalue weighted by Crippen LogP contribution is -2.33. The predicted molar refractivity (Wildman–Crippen MR) is 76.7 cm³/mol. The highest BCUT2D eigenvalue weighted by Crippen LogP contribution is 2.25. The third kappa shape index (κ3) is 3.61. The number of para-hydroxylation sites is 2. The van der Waals surface area contributed by atoms with Gasteiger partial charge in [-0.25, -0.2) is 8.42 Å². The minimum Gasteiger partial charge on any atom is -0.376 e. The molecule has 0 amide bonds. The fourth-order valence-electron chi connectivity index (χ4n) is 1.60. The molecule has 1 aromatic carbocycles. The van der Waals surface area contributed by atoms with Gasteiger partial charge in [-0.2, -0.15) is 0 Å². The first kappa shape index (κ1) is 14.8. The summed E-state index contributed by atoms with van der Waals surface area (Å²) in [5, 5.41) is 2.38. The van der Waals surface area contributed by atoms with Crippen molar-refractivity contribution in [3.8, 4) is 0 Å². The summed E-state index contributed by atoms with van der Waals surface area (Å²) in [4.78, 5) is 1.88. The topological polar surface area (TPSA) is 61.4 Å². The van der Waals surface area contributed by atoms with Crippen LogP contribution in [0, 0.1) is 0 Å². The van der Waals surface area contributed by atoms with Crippen molar-refractivity contribution >= 4 is 21.4 Å². The van der Waals surface area contributed by atoms with E-state index in [9.17, 15) is 8.42 Å². The molecule has 0 saturated heterocycles. The molecular weight excluding hydrogens is 250 g/mol. The number of sulfonamides is 1. The van der Waals surface area contributed by atoms with Crippen LogP contribution in [-0.2, 0) is 10.0 Å². The van der Waals surface area contributed by atoms with Crippen LogP contribution in [0.25, 0.3) is 0 Å². The van der Waals surface area contributed by atoms with E-state index in [1.165, 1.54) is 0 Å². The Morgan fingerprint density at radius 2 is 1.89 bits per heavy atom. The molecule has 102 valence electrons. The Bertz CT molecular complexity index is 486. The molecule has 1 rings (SSSR count). The van der Waals surface area contributed by atoms with Crippen molar-refractivity contribution in [3.05, 3.63) is 24.3 Å². The summed E-state index contributed by atoms with van der Waals surface area (Å²) in [6.45, 7) is 2.09. The molecule has 6 heteroatoms. The lowest BCUT2D eigenvalue weighted by Gasteiger charge is -2.20. The van der Waals surface area contributed by atoms with E-state index < -0.39 is 15.3 Å². The minimum atomic E-state index is -3.37. The standard InChI is InChI=1S/C12H21N3O2S/c1-10(9-13-2)18(16,17)14-11-7-5-6-8-12(11)15(3)4/h5-8,10,13-14H,9H2,1-4H3. The van der Waals surface area contributed by atoms with E-state index in [0.29, 0.717) is 12.2 Å². The van der Waals surface area contributed by atoms with Gasteiger partial charge in [-0.05, 0) is 26.1 Å². The molecule has 1 unspecified atom stereocenters. The van der Waals surface area contributed by atoms with Crippen LogP contribution in [-0.4, -0.2) is 41.4 Å². The van der Waals surface area contributed by atoms with E-state index in [1.807, 2.05) is 37.2 Å². The van der Waals surface area contributed by atoms with E-state index in [0.717, 1.165) is 5.69 Å². The van der Waals surface area contributed by atoms with Crippen molar-refractivity contribution in [1.29, 1.82) is 0 Å². The molecule has 0 heterocycles. The smallest absolute Gasteiger partial charge is 0.236 e. The van der Waals surface area contributed by atoms with Gasteiger partial charge in [0.15, 0.2) is 0 Å². The first-order valence-electron chi connectivity index (χ1n) is 5.81. The van der Waals surface area contributed by atoms with Gasteiger partial charge in [-0.3, -0.25) is 4.72 Å². The average molecular weight is 271 g/mol. The van der Waals surface area contributed by atoms with Gasteiger partial charge in [0.2, 0.25) is 10.0 Å². The molecule has 0 aliphatic heterocycles. The van der Waals surface area contributed by atoms with Crippen molar-refractivity contribution in [3.63, 3.8) is 0 Å². The van der Waals surface area contributed by atoms with E-state index in [4.69, 9.17) is 0 Å². The van der Waals surface area contributed by atoms with Crippen LogP contribution in [0.3, 0.4) is 0 Å². The molecule has 2 N–H and O–H groups in total. The zero-order valence-corrected chi connectivity index (χ0v) is 12.1. The van der Waals surface area contributed by atoms with Crippen molar-refractivity contribution in [2.24, 2.45) is 0 Å². The minimum absolute atomic E-state index is 0.416. The Kier molecular flexibility index (Phi) is 4.98. The van der Waals surface area contributed by atoms with Crippen LogP contribution in [0.5, 0.6) is 0 Å². The summed E-state index contributed by atoms with van der Waals surface area (Å²) < 4.78 is 26.8. The lowest BCUT2D eigenvalue weighted by atomic mass is 10.2. The maximum atomic E-state index is 12.1. The van der Waals surface area contributed by atoms with Gasteiger partial charge in [0.1, 0.15) is 0 Å². The zero-order valence-electron chi connectivity index (χ0n) is 11.3. The Morgan fingerprint density at radius 1 is 1.28 bits per heavy atom. The molecule has 1 atom stereocenters. The van der Waals surface area contributed by atoms with Crippen LogP contribution in [0.1, 0.15) is 6.92 Å². The molecule has 18 heavy (non-hydrogen) atoms. The molecular formula is C12H21N3O2S. The van der Waals surface area contributed by atoms with Crippen LogP contribution >= 0.6 is 0 Å². The fourth-order valence-corrected chi connectivity index (χ4v) is 2.67. The second kappa shape index (κ2) is 6.06. The normalized spacial score (nSPS) is 13.1. The van der Waals surface area contributed by atoms with Gasteiger partial charge in [0, 0.05) is 20.6 Å². The summed E-state index contributed by atoms with van der Waals surface area (Å²) >= 11 is 0. The van der Waals surface area contributed by atoms with Gasteiger partial charge in [-0.15, -0.1) is 0 Å². The highest BCUT2D eigenvalue weighted by atomic mass is 32.2. The quantitative estimate of drug-likeness (QED) is 0.813.